The highest BCUT2D eigenvalue weighted by Crippen LogP contribution is 2.09. The van der Waals surface area contributed by atoms with E-state index >= 15 is 0 Å². The fourth-order valence-electron chi connectivity index (χ4n) is 1.77. The van der Waals surface area contributed by atoms with Gasteiger partial charge in [0.2, 0.25) is 5.91 Å². The van der Waals surface area contributed by atoms with E-state index in [1.54, 1.807) is 13.8 Å². The second kappa shape index (κ2) is 6.86. The molecule has 0 saturated carbocycles. The standard InChI is InChI=1S/C12H26N2O2/c1-5-6-12(4,13)11(16)14-8-9(2)7-10(3)15/h9-10,15H,5-8,13H2,1-4H3,(H,14,16). The maximum Gasteiger partial charge on any atom is 0.239 e. The highest BCUT2D eigenvalue weighted by Gasteiger charge is 2.26. The molecule has 0 rings (SSSR count). The number of rotatable bonds is 7. The van der Waals surface area contributed by atoms with Crippen LogP contribution in [0.5, 0.6) is 0 Å². The molecule has 0 aromatic rings. The van der Waals surface area contributed by atoms with Crippen LogP contribution >= 0.6 is 0 Å². The molecule has 0 radical (unpaired) electrons. The van der Waals surface area contributed by atoms with Gasteiger partial charge in [0.1, 0.15) is 0 Å². The molecule has 0 aliphatic heterocycles. The van der Waals surface area contributed by atoms with Crippen molar-refractivity contribution in [2.24, 2.45) is 11.7 Å². The Kier molecular flexibility index (Phi) is 6.60. The van der Waals surface area contributed by atoms with E-state index < -0.39 is 5.54 Å². The average Bonchev–Trinajstić information content (AvgIpc) is 2.12. The van der Waals surface area contributed by atoms with Gasteiger partial charge in [-0.1, -0.05) is 20.3 Å². The quantitative estimate of drug-likeness (QED) is 0.611. The van der Waals surface area contributed by atoms with Gasteiger partial charge < -0.3 is 16.2 Å². The predicted molar refractivity (Wildman–Crippen MR) is 66.0 cm³/mol. The van der Waals surface area contributed by atoms with Gasteiger partial charge in [0.25, 0.3) is 0 Å². The smallest absolute Gasteiger partial charge is 0.239 e. The monoisotopic (exact) mass is 230 g/mol. The third-order valence-corrected chi connectivity index (χ3v) is 2.64. The van der Waals surface area contributed by atoms with E-state index in [1.165, 1.54) is 0 Å². The van der Waals surface area contributed by atoms with Gasteiger partial charge in [-0.3, -0.25) is 4.79 Å². The summed E-state index contributed by atoms with van der Waals surface area (Å²) < 4.78 is 0. The Morgan fingerprint density at radius 3 is 2.50 bits per heavy atom. The molecule has 0 saturated heterocycles. The van der Waals surface area contributed by atoms with E-state index in [9.17, 15) is 9.90 Å². The molecule has 0 aromatic heterocycles. The lowest BCUT2D eigenvalue weighted by molar-refractivity contribution is -0.126. The van der Waals surface area contributed by atoms with Crippen molar-refractivity contribution in [3.8, 4) is 0 Å². The number of amides is 1. The van der Waals surface area contributed by atoms with Gasteiger partial charge in [-0.25, -0.2) is 0 Å². The summed E-state index contributed by atoms with van der Waals surface area (Å²) in [5, 5.41) is 12.0. The second-order valence-electron chi connectivity index (χ2n) is 5.07. The van der Waals surface area contributed by atoms with Crippen LogP contribution in [0.25, 0.3) is 0 Å². The first kappa shape index (κ1) is 15.4. The zero-order chi connectivity index (χ0) is 12.8. The molecule has 0 aromatic carbocycles. The number of nitrogens with one attached hydrogen (secondary N) is 1. The van der Waals surface area contributed by atoms with Crippen LogP contribution in [0.15, 0.2) is 0 Å². The first-order valence-corrected chi connectivity index (χ1v) is 6.04. The average molecular weight is 230 g/mol. The van der Waals surface area contributed by atoms with Gasteiger partial charge in [0, 0.05) is 6.54 Å². The van der Waals surface area contributed by atoms with Crippen molar-refractivity contribution in [1.82, 2.24) is 5.32 Å². The molecule has 0 heterocycles. The first-order valence-electron chi connectivity index (χ1n) is 6.04. The van der Waals surface area contributed by atoms with Crippen molar-refractivity contribution >= 4 is 5.91 Å². The molecule has 4 heteroatoms. The van der Waals surface area contributed by atoms with Gasteiger partial charge in [0.15, 0.2) is 0 Å². The first-order chi connectivity index (χ1) is 7.29. The highest BCUT2D eigenvalue weighted by atomic mass is 16.3. The highest BCUT2D eigenvalue weighted by molar-refractivity contribution is 5.85. The van der Waals surface area contributed by atoms with Gasteiger partial charge in [-0.15, -0.1) is 0 Å². The second-order valence-corrected chi connectivity index (χ2v) is 5.07. The minimum atomic E-state index is -0.778. The Balaban J connectivity index is 3.97. The third-order valence-electron chi connectivity index (χ3n) is 2.64. The molecule has 1 amide bonds. The molecule has 3 unspecified atom stereocenters. The summed E-state index contributed by atoms with van der Waals surface area (Å²) in [6, 6.07) is 0. The van der Waals surface area contributed by atoms with Crippen molar-refractivity contribution in [2.75, 3.05) is 6.54 Å². The lowest BCUT2D eigenvalue weighted by atomic mass is 9.96. The Morgan fingerprint density at radius 2 is 2.06 bits per heavy atom. The molecule has 16 heavy (non-hydrogen) atoms. The van der Waals surface area contributed by atoms with E-state index in [0.717, 1.165) is 6.42 Å². The molecule has 0 aliphatic carbocycles. The number of hydrogen-bond donors (Lipinski definition) is 3. The molecule has 0 bridgehead atoms. The van der Waals surface area contributed by atoms with E-state index in [2.05, 4.69) is 5.32 Å². The van der Waals surface area contributed by atoms with Crippen molar-refractivity contribution in [3.63, 3.8) is 0 Å². The zero-order valence-electron chi connectivity index (χ0n) is 10.9. The summed E-state index contributed by atoms with van der Waals surface area (Å²) in [6.07, 6.45) is 1.94. The topological polar surface area (TPSA) is 75.4 Å². The number of hydrogen-bond acceptors (Lipinski definition) is 3. The van der Waals surface area contributed by atoms with Crippen molar-refractivity contribution in [1.29, 1.82) is 0 Å². The summed E-state index contributed by atoms with van der Waals surface area (Å²) in [5.74, 6) is 0.160. The Bertz CT molecular complexity index is 215. The maximum absolute atomic E-state index is 11.7. The van der Waals surface area contributed by atoms with Crippen LogP contribution in [0.1, 0.15) is 47.0 Å². The van der Waals surface area contributed by atoms with Gasteiger partial charge in [0.05, 0.1) is 11.6 Å². The number of aliphatic hydroxyl groups excluding tert-OH is 1. The lowest BCUT2D eigenvalue weighted by Gasteiger charge is -2.24. The van der Waals surface area contributed by atoms with Crippen molar-refractivity contribution in [2.45, 2.75) is 58.6 Å². The van der Waals surface area contributed by atoms with Gasteiger partial charge >= 0.3 is 0 Å². The summed E-state index contributed by atoms with van der Waals surface area (Å²) in [5.41, 5.74) is 5.12. The van der Waals surface area contributed by atoms with E-state index in [4.69, 9.17) is 5.73 Å². The molecule has 4 nitrogen and oxygen atoms in total. The normalized spacial score (nSPS) is 18.6. The largest absolute Gasteiger partial charge is 0.393 e. The van der Waals surface area contributed by atoms with Crippen molar-refractivity contribution < 1.29 is 9.90 Å². The van der Waals surface area contributed by atoms with Crippen LogP contribution in [-0.4, -0.2) is 29.2 Å². The van der Waals surface area contributed by atoms with Crippen LogP contribution < -0.4 is 11.1 Å². The summed E-state index contributed by atoms with van der Waals surface area (Å²) in [6.45, 7) is 8.09. The minimum absolute atomic E-state index is 0.105. The molecule has 0 spiro atoms. The number of carbonyl (C=O) groups is 1. The van der Waals surface area contributed by atoms with E-state index in [1.807, 2.05) is 13.8 Å². The van der Waals surface area contributed by atoms with Crippen LogP contribution in [0.4, 0.5) is 0 Å². The van der Waals surface area contributed by atoms with Crippen molar-refractivity contribution in [3.05, 3.63) is 0 Å². The molecule has 4 N–H and O–H groups in total. The Hall–Kier alpha value is -0.610. The number of aliphatic hydroxyl groups is 1. The maximum atomic E-state index is 11.7. The minimum Gasteiger partial charge on any atom is -0.393 e. The van der Waals surface area contributed by atoms with Crippen LogP contribution in [0.3, 0.4) is 0 Å². The SMILES string of the molecule is CCCC(C)(N)C(=O)NCC(C)CC(C)O. The van der Waals surface area contributed by atoms with Gasteiger partial charge in [-0.05, 0) is 32.6 Å². The van der Waals surface area contributed by atoms with E-state index in [-0.39, 0.29) is 17.9 Å². The number of nitrogens with two attached hydrogens (primary N) is 1. The van der Waals surface area contributed by atoms with Crippen LogP contribution in [0, 0.1) is 5.92 Å². The molecular weight excluding hydrogens is 204 g/mol. The Labute approximate surface area is 98.6 Å². The summed E-state index contributed by atoms with van der Waals surface area (Å²) in [7, 11) is 0. The number of carbonyl (C=O) groups excluding carboxylic acids is 1. The third kappa shape index (κ3) is 6.08. The van der Waals surface area contributed by atoms with Gasteiger partial charge in [-0.2, -0.15) is 0 Å². The van der Waals surface area contributed by atoms with Crippen LogP contribution in [-0.2, 0) is 4.79 Å². The summed E-state index contributed by atoms with van der Waals surface area (Å²) >= 11 is 0. The summed E-state index contributed by atoms with van der Waals surface area (Å²) in [4.78, 5) is 11.7. The molecule has 0 aliphatic rings. The Morgan fingerprint density at radius 1 is 1.50 bits per heavy atom. The molecule has 3 atom stereocenters. The molecular formula is C12H26N2O2. The molecule has 0 fully saturated rings. The zero-order valence-corrected chi connectivity index (χ0v) is 10.9. The molecule has 96 valence electrons. The fourth-order valence-corrected chi connectivity index (χ4v) is 1.77. The van der Waals surface area contributed by atoms with Crippen LogP contribution in [0.2, 0.25) is 0 Å². The predicted octanol–water partition coefficient (Wildman–Crippen LogP) is 1.03. The van der Waals surface area contributed by atoms with E-state index in [0.29, 0.717) is 19.4 Å². The fraction of sp³-hybridized carbons (Fsp3) is 0.917. The lowest BCUT2D eigenvalue weighted by Crippen LogP contribution is -2.52.